The fraction of sp³-hybridized carbons (Fsp3) is 0.909. The predicted octanol–water partition coefficient (Wildman–Crippen LogP) is 0.773. The van der Waals surface area contributed by atoms with Crippen molar-refractivity contribution in [3.8, 4) is 0 Å². The Kier molecular flexibility index (Phi) is 8.33. The molecule has 0 saturated heterocycles. The summed E-state index contributed by atoms with van der Waals surface area (Å²) in [5.74, 6) is 0.513. The Hall–Kier alpha value is -0.610. The van der Waals surface area contributed by atoms with Crippen molar-refractivity contribution in [1.82, 2.24) is 10.6 Å². The molecule has 0 aromatic carbocycles. The van der Waals surface area contributed by atoms with E-state index in [1.807, 2.05) is 7.05 Å². The molecule has 15 heavy (non-hydrogen) atoms. The molecule has 0 radical (unpaired) electrons. The number of methoxy groups -OCH3 is 1. The summed E-state index contributed by atoms with van der Waals surface area (Å²) >= 11 is 0. The number of hydrogen-bond acceptors (Lipinski definition) is 3. The van der Waals surface area contributed by atoms with Crippen LogP contribution in [0, 0.1) is 5.92 Å². The number of rotatable bonds is 8. The first-order chi connectivity index (χ1) is 7.11. The lowest BCUT2D eigenvalue weighted by Crippen LogP contribution is -2.41. The summed E-state index contributed by atoms with van der Waals surface area (Å²) < 4.78 is 5.06. The number of nitrogens with one attached hydrogen (secondary N) is 2. The van der Waals surface area contributed by atoms with Crippen molar-refractivity contribution >= 4 is 5.91 Å². The van der Waals surface area contributed by atoms with E-state index in [0.29, 0.717) is 18.9 Å². The molecule has 0 heterocycles. The number of amides is 1. The Balaban J connectivity index is 3.78. The van der Waals surface area contributed by atoms with E-state index in [2.05, 4.69) is 24.5 Å². The monoisotopic (exact) mass is 216 g/mol. The van der Waals surface area contributed by atoms with Gasteiger partial charge in [-0.25, -0.2) is 0 Å². The van der Waals surface area contributed by atoms with Crippen molar-refractivity contribution in [2.75, 3.05) is 27.3 Å². The summed E-state index contributed by atoms with van der Waals surface area (Å²) in [5.41, 5.74) is 0. The molecule has 0 aromatic heterocycles. The molecule has 1 amide bonds. The summed E-state index contributed by atoms with van der Waals surface area (Å²) in [6.45, 7) is 5.62. The molecule has 0 spiro atoms. The summed E-state index contributed by atoms with van der Waals surface area (Å²) in [5, 5.41) is 6.00. The number of ether oxygens (including phenoxy) is 1. The summed E-state index contributed by atoms with van der Waals surface area (Å²) in [6, 6.07) is 0.122. The van der Waals surface area contributed by atoms with Gasteiger partial charge in [-0.15, -0.1) is 0 Å². The van der Waals surface area contributed by atoms with Crippen molar-refractivity contribution in [3.63, 3.8) is 0 Å². The molecular weight excluding hydrogens is 192 g/mol. The molecule has 0 aliphatic heterocycles. The topological polar surface area (TPSA) is 50.4 Å². The molecule has 2 N–H and O–H groups in total. The highest BCUT2D eigenvalue weighted by atomic mass is 16.5. The van der Waals surface area contributed by atoms with Crippen LogP contribution in [0.3, 0.4) is 0 Å². The molecule has 0 aliphatic carbocycles. The highest BCUT2D eigenvalue weighted by Gasteiger charge is 2.15. The van der Waals surface area contributed by atoms with Crippen LogP contribution in [0.1, 0.15) is 26.7 Å². The highest BCUT2D eigenvalue weighted by Crippen LogP contribution is 2.02. The van der Waals surface area contributed by atoms with Crippen LogP contribution in [0.15, 0.2) is 0 Å². The normalized spacial score (nSPS) is 12.9. The van der Waals surface area contributed by atoms with Crippen LogP contribution in [0.25, 0.3) is 0 Å². The fourth-order valence-corrected chi connectivity index (χ4v) is 1.29. The van der Waals surface area contributed by atoms with Crippen LogP contribution in [0.4, 0.5) is 0 Å². The van der Waals surface area contributed by atoms with Gasteiger partial charge in [-0.2, -0.15) is 0 Å². The Labute approximate surface area is 92.8 Å². The van der Waals surface area contributed by atoms with Crippen LogP contribution in [0.2, 0.25) is 0 Å². The second-order valence-electron chi connectivity index (χ2n) is 4.08. The van der Waals surface area contributed by atoms with Gasteiger partial charge >= 0.3 is 0 Å². The first kappa shape index (κ1) is 14.4. The minimum absolute atomic E-state index is 0.112. The van der Waals surface area contributed by atoms with E-state index in [1.165, 1.54) is 0 Å². The van der Waals surface area contributed by atoms with E-state index in [0.717, 1.165) is 13.0 Å². The van der Waals surface area contributed by atoms with Gasteiger partial charge in [-0.05, 0) is 25.9 Å². The third kappa shape index (κ3) is 7.33. The Morgan fingerprint density at radius 1 is 1.40 bits per heavy atom. The molecule has 0 bridgehead atoms. The summed E-state index contributed by atoms with van der Waals surface area (Å²) in [6.07, 6.45) is 1.45. The van der Waals surface area contributed by atoms with E-state index in [4.69, 9.17) is 4.74 Å². The molecule has 0 fully saturated rings. The Morgan fingerprint density at radius 3 is 2.53 bits per heavy atom. The molecule has 0 saturated carbocycles. The highest BCUT2D eigenvalue weighted by molar-refractivity contribution is 5.76. The standard InChI is InChI=1S/C11H24N2O2/c1-9(2)10(8-15-4)13-11(14)6-5-7-12-3/h9-10,12H,5-8H2,1-4H3,(H,13,14). The zero-order valence-electron chi connectivity index (χ0n) is 10.3. The first-order valence-corrected chi connectivity index (χ1v) is 5.54. The van der Waals surface area contributed by atoms with E-state index >= 15 is 0 Å². The molecule has 0 rings (SSSR count). The van der Waals surface area contributed by atoms with Crippen molar-refractivity contribution in [2.45, 2.75) is 32.7 Å². The van der Waals surface area contributed by atoms with Gasteiger partial charge in [-0.3, -0.25) is 4.79 Å². The number of carbonyl (C=O) groups excluding carboxylic acids is 1. The van der Waals surface area contributed by atoms with Crippen LogP contribution in [-0.2, 0) is 9.53 Å². The van der Waals surface area contributed by atoms with Crippen molar-refractivity contribution in [2.24, 2.45) is 5.92 Å². The SMILES string of the molecule is CNCCCC(=O)NC(COC)C(C)C. The van der Waals surface area contributed by atoms with Crippen molar-refractivity contribution in [3.05, 3.63) is 0 Å². The summed E-state index contributed by atoms with van der Waals surface area (Å²) in [7, 11) is 3.54. The maximum absolute atomic E-state index is 11.5. The van der Waals surface area contributed by atoms with Crippen LogP contribution < -0.4 is 10.6 Å². The average Bonchev–Trinajstić information content (AvgIpc) is 2.17. The fourth-order valence-electron chi connectivity index (χ4n) is 1.29. The van der Waals surface area contributed by atoms with E-state index in [9.17, 15) is 4.79 Å². The molecular formula is C11H24N2O2. The lowest BCUT2D eigenvalue weighted by Gasteiger charge is -2.21. The van der Waals surface area contributed by atoms with E-state index in [-0.39, 0.29) is 11.9 Å². The van der Waals surface area contributed by atoms with Gasteiger partial charge in [0.2, 0.25) is 5.91 Å². The second kappa shape index (κ2) is 8.68. The first-order valence-electron chi connectivity index (χ1n) is 5.54. The van der Waals surface area contributed by atoms with Crippen LogP contribution in [-0.4, -0.2) is 39.3 Å². The maximum Gasteiger partial charge on any atom is 0.220 e. The van der Waals surface area contributed by atoms with Crippen LogP contribution >= 0.6 is 0 Å². The molecule has 4 heteroatoms. The molecule has 0 aliphatic rings. The largest absolute Gasteiger partial charge is 0.383 e. The van der Waals surface area contributed by atoms with Gasteiger partial charge in [0.1, 0.15) is 0 Å². The van der Waals surface area contributed by atoms with E-state index < -0.39 is 0 Å². The maximum atomic E-state index is 11.5. The lowest BCUT2D eigenvalue weighted by molar-refractivity contribution is -0.122. The van der Waals surface area contributed by atoms with Gasteiger partial charge in [0.25, 0.3) is 0 Å². The number of hydrogen-bond donors (Lipinski definition) is 2. The quantitative estimate of drug-likeness (QED) is 0.589. The van der Waals surface area contributed by atoms with E-state index in [1.54, 1.807) is 7.11 Å². The molecule has 1 unspecified atom stereocenters. The van der Waals surface area contributed by atoms with Gasteiger partial charge in [0.15, 0.2) is 0 Å². The number of carbonyl (C=O) groups is 1. The smallest absolute Gasteiger partial charge is 0.220 e. The minimum atomic E-state index is 0.112. The zero-order chi connectivity index (χ0) is 11.7. The lowest BCUT2D eigenvalue weighted by atomic mass is 10.1. The Bertz CT molecular complexity index is 172. The average molecular weight is 216 g/mol. The minimum Gasteiger partial charge on any atom is -0.383 e. The zero-order valence-corrected chi connectivity index (χ0v) is 10.3. The van der Waals surface area contributed by atoms with Gasteiger partial charge in [0, 0.05) is 13.5 Å². The van der Waals surface area contributed by atoms with Crippen LogP contribution in [0.5, 0.6) is 0 Å². The molecule has 1 atom stereocenters. The molecule has 90 valence electrons. The van der Waals surface area contributed by atoms with Gasteiger partial charge < -0.3 is 15.4 Å². The predicted molar refractivity (Wildman–Crippen MR) is 61.8 cm³/mol. The molecule has 4 nitrogen and oxygen atoms in total. The second-order valence-corrected chi connectivity index (χ2v) is 4.08. The third-order valence-electron chi connectivity index (χ3n) is 2.33. The Morgan fingerprint density at radius 2 is 2.07 bits per heavy atom. The summed E-state index contributed by atoms with van der Waals surface area (Å²) in [4.78, 5) is 11.5. The third-order valence-corrected chi connectivity index (χ3v) is 2.33. The van der Waals surface area contributed by atoms with Crippen molar-refractivity contribution in [1.29, 1.82) is 0 Å². The van der Waals surface area contributed by atoms with Crippen molar-refractivity contribution < 1.29 is 9.53 Å². The van der Waals surface area contributed by atoms with Gasteiger partial charge in [-0.1, -0.05) is 13.8 Å². The molecule has 0 aromatic rings. The van der Waals surface area contributed by atoms with Gasteiger partial charge in [0.05, 0.1) is 12.6 Å².